The third-order valence-electron chi connectivity index (χ3n) is 4.37. The number of fused-ring (bicyclic) bond motifs is 1. The van der Waals surface area contributed by atoms with Crippen LogP contribution < -0.4 is 5.01 Å². The Kier molecular flexibility index (Phi) is 4.28. The SMILES string of the molecule is CC1CCN(C(=O)C2=NN(CC#N)c3ccccc3S2(=O)=O)CC1. The molecule has 1 fully saturated rings. The molecule has 8 heteroatoms. The predicted molar refractivity (Wildman–Crippen MR) is 89.0 cm³/mol. The molecule has 0 spiro atoms. The van der Waals surface area contributed by atoms with E-state index in [1.165, 1.54) is 16.0 Å². The van der Waals surface area contributed by atoms with Crippen molar-refractivity contribution in [2.75, 3.05) is 24.6 Å². The van der Waals surface area contributed by atoms with Gasteiger partial charge in [-0.25, -0.2) is 13.4 Å². The summed E-state index contributed by atoms with van der Waals surface area (Å²) < 4.78 is 25.6. The van der Waals surface area contributed by atoms with Crippen LogP contribution in [0.25, 0.3) is 0 Å². The fraction of sp³-hybridized carbons (Fsp3) is 0.438. The van der Waals surface area contributed by atoms with Gasteiger partial charge < -0.3 is 4.90 Å². The molecule has 0 saturated carbocycles. The zero-order valence-corrected chi connectivity index (χ0v) is 14.2. The Morgan fingerprint density at radius 1 is 1.33 bits per heavy atom. The van der Waals surface area contributed by atoms with Crippen molar-refractivity contribution in [1.29, 1.82) is 5.26 Å². The number of carbonyl (C=O) groups excluding carboxylic acids is 1. The zero-order valence-electron chi connectivity index (χ0n) is 13.3. The molecule has 3 rings (SSSR count). The topological polar surface area (TPSA) is 93.8 Å². The Hall–Kier alpha value is -2.40. The van der Waals surface area contributed by atoms with E-state index < -0.39 is 20.8 Å². The lowest BCUT2D eigenvalue weighted by Gasteiger charge is -2.32. The van der Waals surface area contributed by atoms with Crippen LogP contribution in [0.5, 0.6) is 0 Å². The number of para-hydroxylation sites is 1. The van der Waals surface area contributed by atoms with Crippen LogP contribution in [0.15, 0.2) is 34.3 Å². The molecule has 0 bridgehead atoms. The molecule has 2 aliphatic heterocycles. The Balaban J connectivity index is 2.01. The summed E-state index contributed by atoms with van der Waals surface area (Å²) in [6.45, 7) is 3.03. The molecule has 24 heavy (non-hydrogen) atoms. The smallest absolute Gasteiger partial charge is 0.286 e. The summed E-state index contributed by atoms with van der Waals surface area (Å²) in [6, 6.07) is 8.24. The third-order valence-corrected chi connectivity index (χ3v) is 6.06. The number of hydrogen-bond donors (Lipinski definition) is 0. The van der Waals surface area contributed by atoms with E-state index in [-0.39, 0.29) is 11.4 Å². The van der Waals surface area contributed by atoms with Gasteiger partial charge in [-0.05, 0) is 30.9 Å². The number of nitrogens with zero attached hydrogens (tertiary/aromatic N) is 4. The summed E-state index contributed by atoms with van der Waals surface area (Å²) in [7, 11) is -3.99. The summed E-state index contributed by atoms with van der Waals surface area (Å²) in [5.41, 5.74) is 0.322. The second kappa shape index (κ2) is 6.24. The molecule has 0 aromatic heterocycles. The van der Waals surface area contributed by atoms with Crippen molar-refractivity contribution in [2.24, 2.45) is 11.0 Å². The average Bonchev–Trinajstić information content (AvgIpc) is 2.58. The lowest BCUT2D eigenvalue weighted by atomic mass is 9.99. The maximum Gasteiger partial charge on any atom is 0.286 e. The number of hydrazone groups is 1. The lowest BCUT2D eigenvalue weighted by molar-refractivity contribution is -0.125. The molecule has 2 heterocycles. The van der Waals surface area contributed by atoms with Gasteiger partial charge in [-0.2, -0.15) is 10.4 Å². The second-order valence-corrected chi connectivity index (χ2v) is 7.90. The van der Waals surface area contributed by atoms with Crippen LogP contribution in [0.4, 0.5) is 5.69 Å². The molecule has 0 aliphatic carbocycles. The summed E-state index contributed by atoms with van der Waals surface area (Å²) >= 11 is 0. The minimum absolute atomic E-state index is 0.0176. The quantitative estimate of drug-likeness (QED) is 0.754. The number of carbonyl (C=O) groups is 1. The molecule has 1 amide bonds. The maximum atomic E-state index is 12.8. The molecule has 1 aromatic rings. The van der Waals surface area contributed by atoms with Crippen molar-refractivity contribution in [3.8, 4) is 6.07 Å². The molecular formula is C16H18N4O3S. The third kappa shape index (κ3) is 2.76. The van der Waals surface area contributed by atoms with Crippen LogP contribution in [0, 0.1) is 17.2 Å². The van der Waals surface area contributed by atoms with Gasteiger partial charge in [0, 0.05) is 13.1 Å². The van der Waals surface area contributed by atoms with Crippen LogP contribution in [-0.4, -0.2) is 43.9 Å². The fourth-order valence-electron chi connectivity index (χ4n) is 2.91. The van der Waals surface area contributed by atoms with Crippen LogP contribution >= 0.6 is 0 Å². The first-order valence-electron chi connectivity index (χ1n) is 7.81. The van der Waals surface area contributed by atoms with Gasteiger partial charge in [0.15, 0.2) is 0 Å². The van der Waals surface area contributed by atoms with Gasteiger partial charge in [0.05, 0.1) is 16.7 Å². The number of sulfone groups is 1. The highest BCUT2D eigenvalue weighted by Crippen LogP contribution is 2.32. The molecule has 0 unspecified atom stereocenters. The minimum Gasteiger partial charge on any atom is -0.337 e. The molecule has 1 saturated heterocycles. The minimum atomic E-state index is -3.99. The number of piperidine rings is 1. The lowest BCUT2D eigenvalue weighted by Crippen LogP contribution is -2.46. The van der Waals surface area contributed by atoms with Gasteiger partial charge in [-0.1, -0.05) is 19.1 Å². The van der Waals surface area contributed by atoms with E-state index in [0.29, 0.717) is 24.7 Å². The van der Waals surface area contributed by atoms with Crippen molar-refractivity contribution >= 4 is 26.5 Å². The van der Waals surface area contributed by atoms with Crippen LogP contribution in [0.3, 0.4) is 0 Å². The Morgan fingerprint density at radius 3 is 2.67 bits per heavy atom. The van der Waals surface area contributed by atoms with E-state index >= 15 is 0 Å². The number of amides is 1. The summed E-state index contributed by atoms with van der Waals surface area (Å²) in [5.74, 6) is -0.0610. The number of likely N-dealkylation sites (tertiary alicyclic amines) is 1. The first kappa shape index (κ1) is 16.5. The highest BCUT2D eigenvalue weighted by atomic mass is 32.2. The Bertz CT molecular complexity index is 833. The number of rotatable bonds is 2. The van der Waals surface area contributed by atoms with Gasteiger partial charge >= 0.3 is 0 Å². The Labute approximate surface area is 141 Å². The summed E-state index contributed by atoms with van der Waals surface area (Å²) in [6.07, 6.45) is 1.69. The molecule has 7 nitrogen and oxygen atoms in total. The number of nitriles is 1. The molecule has 0 N–H and O–H groups in total. The second-order valence-electron chi connectivity index (χ2n) is 6.07. The summed E-state index contributed by atoms with van der Waals surface area (Å²) in [5, 5.41) is 13.8. The van der Waals surface area contributed by atoms with Crippen molar-refractivity contribution < 1.29 is 13.2 Å². The van der Waals surface area contributed by atoms with E-state index in [1.807, 2.05) is 6.07 Å². The standard InChI is InChI=1S/C16H18N4O3S/c1-12-6-9-19(10-7-12)16(21)15-18-20(11-8-17)13-4-2-3-5-14(13)24(15,22)23/h2-5,12H,6-7,9-11H2,1H3. The van der Waals surface area contributed by atoms with Crippen molar-refractivity contribution in [1.82, 2.24) is 4.90 Å². The van der Waals surface area contributed by atoms with E-state index in [4.69, 9.17) is 5.26 Å². The molecule has 0 atom stereocenters. The highest BCUT2D eigenvalue weighted by Gasteiger charge is 2.39. The maximum absolute atomic E-state index is 12.8. The summed E-state index contributed by atoms with van der Waals surface area (Å²) in [4.78, 5) is 14.3. The molecule has 126 valence electrons. The van der Waals surface area contributed by atoms with E-state index in [0.717, 1.165) is 12.8 Å². The van der Waals surface area contributed by atoms with Gasteiger partial charge in [0.2, 0.25) is 14.9 Å². The van der Waals surface area contributed by atoms with Gasteiger partial charge in [-0.15, -0.1) is 0 Å². The van der Waals surface area contributed by atoms with Gasteiger partial charge in [0.25, 0.3) is 5.91 Å². The first-order valence-corrected chi connectivity index (χ1v) is 9.30. The molecule has 1 aromatic carbocycles. The monoisotopic (exact) mass is 346 g/mol. The highest BCUT2D eigenvalue weighted by molar-refractivity contribution is 8.08. The van der Waals surface area contributed by atoms with Crippen molar-refractivity contribution in [3.05, 3.63) is 24.3 Å². The van der Waals surface area contributed by atoms with Crippen molar-refractivity contribution in [2.45, 2.75) is 24.7 Å². The molecular weight excluding hydrogens is 328 g/mol. The largest absolute Gasteiger partial charge is 0.337 e. The van der Waals surface area contributed by atoms with E-state index in [9.17, 15) is 13.2 Å². The molecule has 2 aliphatic rings. The first-order chi connectivity index (χ1) is 11.4. The van der Waals surface area contributed by atoms with E-state index in [1.54, 1.807) is 18.2 Å². The Morgan fingerprint density at radius 2 is 2.00 bits per heavy atom. The number of hydrogen-bond acceptors (Lipinski definition) is 6. The fourth-order valence-corrected chi connectivity index (χ4v) is 4.39. The van der Waals surface area contributed by atoms with E-state index in [2.05, 4.69) is 12.0 Å². The van der Waals surface area contributed by atoms with Crippen LogP contribution in [0.2, 0.25) is 0 Å². The van der Waals surface area contributed by atoms with Crippen molar-refractivity contribution in [3.63, 3.8) is 0 Å². The number of benzene rings is 1. The zero-order chi connectivity index (χ0) is 17.3. The van der Waals surface area contributed by atoms with Crippen LogP contribution in [0.1, 0.15) is 19.8 Å². The average molecular weight is 346 g/mol. The molecule has 0 radical (unpaired) electrons. The normalized spacial score (nSPS) is 20.1. The predicted octanol–water partition coefficient (Wildman–Crippen LogP) is 1.38. The van der Waals surface area contributed by atoms with Gasteiger partial charge in [0.1, 0.15) is 6.54 Å². The number of anilines is 1. The van der Waals surface area contributed by atoms with Crippen LogP contribution in [-0.2, 0) is 14.6 Å². The van der Waals surface area contributed by atoms with Gasteiger partial charge in [-0.3, -0.25) is 4.79 Å².